The second kappa shape index (κ2) is 6.69. The largest absolute Gasteiger partial charge is 0.472 e. The van der Waals surface area contributed by atoms with Crippen LogP contribution < -0.4 is 11.1 Å². The van der Waals surface area contributed by atoms with Gasteiger partial charge >= 0.3 is 0 Å². The Morgan fingerprint density at radius 1 is 1.24 bits per heavy atom. The van der Waals surface area contributed by atoms with Gasteiger partial charge in [0, 0.05) is 6.42 Å². The molecule has 0 saturated carbocycles. The van der Waals surface area contributed by atoms with E-state index < -0.39 is 17.8 Å². The molecule has 0 spiro atoms. The molecule has 0 aliphatic heterocycles. The van der Waals surface area contributed by atoms with Crippen molar-refractivity contribution in [2.45, 2.75) is 18.9 Å². The fraction of sp³-hybridized carbons (Fsp3) is 0.200. The van der Waals surface area contributed by atoms with Crippen molar-refractivity contribution in [3.8, 4) is 0 Å². The van der Waals surface area contributed by atoms with Gasteiger partial charge in [0.2, 0.25) is 11.8 Å². The fourth-order valence-electron chi connectivity index (χ4n) is 1.90. The topological polar surface area (TPSA) is 85.3 Å². The highest BCUT2D eigenvalue weighted by Gasteiger charge is 2.20. The molecule has 0 fully saturated rings. The third-order valence-corrected chi connectivity index (χ3v) is 3.01. The van der Waals surface area contributed by atoms with Crippen LogP contribution in [0.1, 0.15) is 23.6 Å². The quantitative estimate of drug-likeness (QED) is 0.849. The molecule has 1 aromatic heterocycles. The minimum absolute atomic E-state index is 0.199. The first-order valence-corrected chi connectivity index (χ1v) is 6.41. The maximum Gasteiger partial charge on any atom is 0.244 e. The van der Waals surface area contributed by atoms with Crippen molar-refractivity contribution in [1.82, 2.24) is 5.32 Å². The van der Waals surface area contributed by atoms with E-state index in [1.807, 2.05) is 0 Å². The van der Waals surface area contributed by atoms with E-state index >= 15 is 0 Å². The maximum absolute atomic E-state index is 12.9. The number of primary amides is 1. The third-order valence-electron chi connectivity index (χ3n) is 3.01. The van der Waals surface area contributed by atoms with Crippen molar-refractivity contribution >= 4 is 11.8 Å². The predicted octanol–water partition coefficient (Wildman–Crippen LogP) is 1.69. The van der Waals surface area contributed by atoms with E-state index in [0.717, 1.165) is 5.56 Å². The first kappa shape index (κ1) is 14.8. The number of nitrogens with two attached hydrogens (primary N) is 1. The van der Waals surface area contributed by atoms with Crippen LogP contribution in [-0.4, -0.2) is 11.8 Å². The van der Waals surface area contributed by atoms with E-state index in [9.17, 15) is 14.0 Å². The normalized spacial score (nSPS) is 11.9. The Hall–Kier alpha value is -2.63. The number of halogens is 1. The highest BCUT2D eigenvalue weighted by Crippen LogP contribution is 2.14. The Kier molecular flexibility index (Phi) is 4.71. The number of hydrogen-bond donors (Lipinski definition) is 2. The van der Waals surface area contributed by atoms with Crippen LogP contribution in [0.3, 0.4) is 0 Å². The van der Waals surface area contributed by atoms with Crippen molar-refractivity contribution in [2.75, 3.05) is 0 Å². The second-order valence-electron chi connectivity index (χ2n) is 4.59. The van der Waals surface area contributed by atoms with Crippen molar-refractivity contribution in [1.29, 1.82) is 0 Å². The van der Waals surface area contributed by atoms with Gasteiger partial charge in [0.25, 0.3) is 0 Å². The number of carbonyl (C=O) groups is 2. The van der Waals surface area contributed by atoms with Crippen LogP contribution in [0.25, 0.3) is 0 Å². The Labute approximate surface area is 120 Å². The molecule has 0 radical (unpaired) electrons. The summed E-state index contributed by atoms with van der Waals surface area (Å²) in [6, 6.07) is 6.05. The molecule has 6 heteroatoms. The number of carbonyl (C=O) groups excluding carboxylic acids is 2. The zero-order valence-corrected chi connectivity index (χ0v) is 11.2. The number of amides is 2. The molecule has 0 bridgehead atoms. The van der Waals surface area contributed by atoms with Gasteiger partial charge in [-0.1, -0.05) is 12.1 Å². The van der Waals surface area contributed by atoms with E-state index in [1.165, 1.54) is 30.5 Å². The van der Waals surface area contributed by atoms with Gasteiger partial charge in [-0.3, -0.25) is 9.59 Å². The lowest BCUT2D eigenvalue weighted by atomic mass is 10.1. The molecule has 0 aliphatic carbocycles. The summed E-state index contributed by atoms with van der Waals surface area (Å²) in [7, 11) is 0. The minimum Gasteiger partial charge on any atom is -0.472 e. The molecule has 0 aliphatic rings. The average Bonchev–Trinajstić information content (AvgIpc) is 2.97. The van der Waals surface area contributed by atoms with Crippen molar-refractivity contribution in [3.05, 3.63) is 59.8 Å². The molecule has 2 aromatic rings. The van der Waals surface area contributed by atoms with Crippen LogP contribution >= 0.6 is 0 Å². The van der Waals surface area contributed by atoms with Crippen LogP contribution in [0.15, 0.2) is 47.3 Å². The van der Waals surface area contributed by atoms with E-state index in [1.54, 1.807) is 12.3 Å². The number of furan rings is 1. The van der Waals surface area contributed by atoms with Crippen LogP contribution in [0.5, 0.6) is 0 Å². The number of hydrogen-bond acceptors (Lipinski definition) is 3. The first-order valence-electron chi connectivity index (χ1n) is 6.41. The minimum atomic E-state index is -0.970. The maximum atomic E-state index is 12.9. The Morgan fingerprint density at radius 3 is 2.52 bits per heavy atom. The Balaban J connectivity index is 1.97. The Morgan fingerprint density at radius 2 is 1.95 bits per heavy atom. The monoisotopic (exact) mass is 290 g/mol. The second-order valence-corrected chi connectivity index (χ2v) is 4.59. The molecule has 1 aromatic carbocycles. The molecule has 1 heterocycles. The van der Waals surface area contributed by atoms with Crippen molar-refractivity contribution in [2.24, 2.45) is 5.73 Å². The summed E-state index contributed by atoms with van der Waals surface area (Å²) in [4.78, 5) is 23.3. The van der Waals surface area contributed by atoms with E-state index in [-0.39, 0.29) is 12.3 Å². The van der Waals surface area contributed by atoms with Gasteiger partial charge < -0.3 is 15.5 Å². The van der Waals surface area contributed by atoms with Crippen LogP contribution in [0.2, 0.25) is 0 Å². The summed E-state index contributed by atoms with van der Waals surface area (Å²) < 4.78 is 17.8. The number of rotatable bonds is 6. The fourth-order valence-corrected chi connectivity index (χ4v) is 1.90. The summed E-state index contributed by atoms with van der Waals surface area (Å²) in [6.07, 6.45) is 3.78. The lowest BCUT2D eigenvalue weighted by molar-refractivity contribution is -0.127. The molecule has 3 N–H and O–H groups in total. The third kappa shape index (κ3) is 4.17. The van der Waals surface area contributed by atoms with Gasteiger partial charge in [-0.25, -0.2) is 4.39 Å². The average molecular weight is 290 g/mol. The van der Waals surface area contributed by atoms with Crippen LogP contribution in [0, 0.1) is 5.82 Å². The Bertz CT molecular complexity index is 608. The van der Waals surface area contributed by atoms with Crippen LogP contribution in [-0.2, 0) is 16.0 Å². The van der Waals surface area contributed by atoms with Gasteiger partial charge in [0.1, 0.15) is 11.9 Å². The summed E-state index contributed by atoms with van der Waals surface area (Å²) >= 11 is 0. The summed E-state index contributed by atoms with van der Waals surface area (Å²) in [5, 5.41) is 2.55. The van der Waals surface area contributed by atoms with Gasteiger partial charge in [-0.05, 0) is 35.7 Å². The van der Waals surface area contributed by atoms with Crippen LogP contribution in [0.4, 0.5) is 4.39 Å². The standard InChI is InChI=1S/C15H15FN2O3/c16-12-4-2-11(3-5-12)14(15(17)20)18-13(19)6-1-10-7-8-21-9-10/h2-5,7-9,14H,1,6H2,(H2,17,20)(H,18,19)/t14-/m0/s1. The molecule has 5 nitrogen and oxygen atoms in total. The number of nitrogens with one attached hydrogen (secondary N) is 1. The molecule has 0 unspecified atom stereocenters. The van der Waals surface area contributed by atoms with Gasteiger partial charge in [0.15, 0.2) is 0 Å². The molecular weight excluding hydrogens is 275 g/mol. The summed E-state index contributed by atoms with van der Waals surface area (Å²) in [5.74, 6) is -1.43. The van der Waals surface area contributed by atoms with E-state index in [4.69, 9.17) is 10.2 Å². The van der Waals surface area contributed by atoms with Crippen molar-refractivity contribution < 1.29 is 18.4 Å². The summed E-state index contributed by atoms with van der Waals surface area (Å²) in [6.45, 7) is 0. The highest BCUT2D eigenvalue weighted by atomic mass is 19.1. The highest BCUT2D eigenvalue weighted by molar-refractivity contribution is 5.87. The molecule has 21 heavy (non-hydrogen) atoms. The predicted molar refractivity (Wildman–Crippen MR) is 73.5 cm³/mol. The lowest BCUT2D eigenvalue weighted by Gasteiger charge is -2.15. The molecule has 2 rings (SSSR count). The molecule has 1 atom stereocenters. The molecule has 0 saturated heterocycles. The van der Waals surface area contributed by atoms with E-state index in [2.05, 4.69) is 5.32 Å². The summed E-state index contributed by atoms with van der Waals surface area (Å²) in [5.41, 5.74) is 6.62. The van der Waals surface area contributed by atoms with E-state index in [0.29, 0.717) is 12.0 Å². The number of aryl methyl sites for hydroxylation is 1. The first-order chi connectivity index (χ1) is 10.1. The number of benzene rings is 1. The van der Waals surface area contributed by atoms with Gasteiger partial charge in [0.05, 0.1) is 12.5 Å². The molecule has 110 valence electrons. The molecular formula is C15H15FN2O3. The van der Waals surface area contributed by atoms with Crippen molar-refractivity contribution in [3.63, 3.8) is 0 Å². The zero-order chi connectivity index (χ0) is 15.2. The lowest BCUT2D eigenvalue weighted by Crippen LogP contribution is -2.37. The van der Waals surface area contributed by atoms with Gasteiger partial charge in [-0.2, -0.15) is 0 Å². The molecule has 2 amide bonds. The smallest absolute Gasteiger partial charge is 0.244 e. The van der Waals surface area contributed by atoms with Gasteiger partial charge in [-0.15, -0.1) is 0 Å². The zero-order valence-electron chi connectivity index (χ0n) is 11.2. The SMILES string of the molecule is NC(=O)[C@@H](NC(=O)CCc1ccoc1)c1ccc(F)cc1.